The molecule has 1 aromatic heterocycles. The predicted octanol–water partition coefficient (Wildman–Crippen LogP) is 3.21. The van der Waals surface area contributed by atoms with Crippen LogP contribution in [0.3, 0.4) is 0 Å². The van der Waals surface area contributed by atoms with Crippen molar-refractivity contribution in [1.82, 2.24) is 10.3 Å². The van der Waals surface area contributed by atoms with Gasteiger partial charge in [-0.3, -0.25) is 4.98 Å². The van der Waals surface area contributed by atoms with Gasteiger partial charge in [0.25, 0.3) is 0 Å². The topological polar surface area (TPSA) is 57.9 Å². The van der Waals surface area contributed by atoms with Crippen LogP contribution in [-0.2, 0) is 6.54 Å². The number of nitriles is 1. The fourth-order valence-electron chi connectivity index (χ4n) is 1.82. The number of hydrogen-bond acceptors (Lipinski definition) is 4. The van der Waals surface area contributed by atoms with Crippen molar-refractivity contribution in [1.29, 1.82) is 5.26 Å². The first-order valence-electron chi connectivity index (χ1n) is 7.30. The third kappa shape index (κ3) is 6.53. The Morgan fingerprint density at radius 1 is 1.35 bits per heavy atom. The molecule has 0 fully saturated rings. The SMILES string of the molecule is Cc1ccc(OCCCCC#N)c(CNCC(C)C)n1. The maximum atomic E-state index is 8.49. The lowest BCUT2D eigenvalue weighted by atomic mass is 10.2. The second-order valence-electron chi connectivity index (χ2n) is 5.39. The Morgan fingerprint density at radius 3 is 2.85 bits per heavy atom. The third-order valence-corrected chi connectivity index (χ3v) is 2.86. The Kier molecular flexibility index (Phi) is 7.67. The van der Waals surface area contributed by atoms with Gasteiger partial charge < -0.3 is 10.1 Å². The van der Waals surface area contributed by atoms with Crippen LogP contribution in [0.15, 0.2) is 12.1 Å². The Balaban J connectivity index is 2.49. The van der Waals surface area contributed by atoms with Gasteiger partial charge in [-0.15, -0.1) is 0 Å². The zero-order chi connectivity index (χ0) is 14.8. The first-order chi connectivity index (χ1) is 9.63. The molecule has 0 amide bonds. The lowest BCUT2D eigenvalue weighted by Gasteiger charge is -2.13. The molecule has 4 nitrogen and oxygen atoms in total. The van der Waals surface area contributed by atoms with Crippen LogP contribution in [-0.4, -0.2) is 18.1 Å². The number of nitrogens with zero attached hydrogens (tertiary/aromatic N) is 2. The predicted molar refractivity (Wildman–Crippen MR) is 80.5 cm³/mol. The minimum Gasteiger partial charge on any atom is -0.492 e. The van der Waals surface area contributed by atoms with Gasteiger partial charge in [-0.05, 0) is 44.4 Å². The van der Waals surface area contributed by atoms with Crippen molar-refractivity contribution in [3.63, 3.8) is 0 Å². The van der Waals surface area contributed by atoms with E-state index < -0.39 is 0 Å². The van der Waals surface area contributed by atoms with Gasteiger partial charge in [-0.2, -0.15) is 5.26 Å². The summed E-state index contributed by atoms with van der Waals surface area (Å²) in [7, 11) is 0. The zero-order valence-electron chi connectivity index (χ0n) is 12.8. The van der Waals surface area contributed by atoms with E-state index in [1.807, 2.05) is 19.1 Å². The molecule has 20 heavy (non-hydrogen) atoms. The number of aromatic nitrogens is 1. The maximum Gasteiger partial charge on any atom is 0.142 e. The standard InChI is InChI=1S/C16H25N3O/c1-13(2)11-18-12-15-16(8-7-14(3)19-15)20-10-6-4-5-9-17/h7-8,13,18H,4-6,10-12H2,1-3H3. The molecular formula is C16H25N3O. The number of unbranched alkanes of at least 4 members (excludes halogenated alkanes) is 2. The Bertz CT molecular complexity index is 438. The molecule has 0 saturated heterocycles. The van der Waals surface area contributed by atoms with E-state index >= 15 is 0 Å². The van der Waals surface area contributed by atoms with E-state index in [0.29, 0.717) is 18.9 Å². The maximum absolute atomic E-state index is 8.49. The summed E-state index contributed by atoms with van der Waals surface area (Å²) in [5.41, 5.74) is 1.97. The van der Waals surface area contributed by atoms with Crippen LogP contribution in [0.5, 0.6) is 5.75 Å². The highest BCUT2D eigenvalue weighted by Crippen LogP contribution is 2.17. The lowest BCUT2D eigenvalue weighted by Crippen LogP contribution is -2.20. The average Bonchev–Trinajstić information content (AvgIpc) is 2.40. The molecule has 1 rings (SSSR count). The van der Waals surface area contributed by atoms with E-state index in [-0.39, 0.29) is 0 Å². The van der Waals surface area contributed by atoms with Gasteiger partial charge >= 0.3 is 0 Å². The first kappa shape index (κ1) is 16.5. The normalized spacial score (nSPS) is 10.6. The van der Waals surface area contributed by atoms with Gasteiger partial charge in [0.15, 0.2) is 0 Å². The van der Waals surface area contributed by atoms with Gasteiger partial charge in [0.1, 0.15) is 5.75 Å². The van der Waals surface area contributed by atoms with Crippen molar-refractivity contribution in [2.45, 2.75) is 46.6 Å². The fraction of sp³-hybridized carbons (Fsp3) is 0.625. The zero-order valence-corrected chi connectivity index (χ0v) is 12.8. The highest BCUT2D eigenvalue weighted by Gasteiger charge is 2.06. The molecule has 0 radical (unpaired) electrons. The largest absolute Gasteiger partial charge is 0.492 e. The summed E-state index contributed by atoms with van der Waals surface area (Å²) in [4.78, 5) is 4.55. The van der Waals surface area contributed by atoms with E-state index in [9.17, 15) is 0 Å². The smallest absolute Gasteiger partial charge is 0.142 e. The summed E-state index contributed by atoms with van der Waals surface area (Å²) < 4.78 is 5.78. The van der Waals surface area contributed by atoms with E-state index in [0.717, 1.165) is 43.1 Å². The Labute approximate surface area is 122 Å². The van der Waals surface area contributed by atoms with Crippen LogP contribution in [0.2, 0.25) is 0 Å². The van der Waals surface area contributed by atoms with E-state index in [1.54, 1.807) is 0 Å². The summed E-state index contributed by atoms with van der Waals surface area (Å²) in [6, 6.07) is 6.10. The van der Waals surface area contributed by atoms with Crippen molar-refractivity contribution in [2.75, 3.05) is 13.2 Å². The minimum absolute atomic E-state index is 0.596. The van der Waals surface area contributed by atoms with Crippen LogP contribution in [0.25, 0.3) is 0 Å². The van der Waals surface area contributed by atoms with Gasteiger partial charge in [0, 0.05) is 18.7 Å². The molecular weight excluding hydrogens is 250 g/mol. The highest BCUT2D eigenvalue weighted by molar-refractivity contribution is 5.29. The second-order valence-corrected chi connectivity index (χ2v) is 5.39. The third-order valence-electron chi connectivity index (χ3n) is 2.86. The summed E-state index contributed by atoms with van der Waals surface area (Å²) in [5.74, 6) is 1.47. The fourth-order valence-corrected chi connectivity index (χ4v) is 1.82. The number of hydrogen-bond donors (Lipinski definition) is 1. The van der Waals surface area contributed by atoms with Crippen molar-refractivity contribution < 1.29 is 4.74 Å². The van der Waals surface area contributed by atoms with Crippen molar-refractivity contribution in [3.8, 4) is 11.8 Å². The molecule has 0 saturated carbocycles. The van der Waals surface area contributed by atoms with Gasteiger partial charge in [0.05, 0.1) is 18.4 Å². The number of ether oxygens (including phenoxy) is 1. The van der Waals surface area contributed by atoms with Crippen molar-refractivity contribution in [3.05, 3.63) is 23.5 Å². The summed E-state index contributed by atoms with van der Waals surface area (Å²) in [6.07, 6.45) is 2.38. The second kappa shape index (κ2) is 9.33. The quantitative estimate of drug-likeness (QED) is 0.703. The molecule has 0 aliphatic rings. The molecule has 0 bridgehead atoms. The van der Waals surface area contributed by atoms with E-state index in [2.05, 4.69) is 30.2 Å². The molecule has 0 aliphatic carbocycles. The Hall–Kier alpha value is -1.60. The van der Waals surface area contributed by atoms with Crippen LogP contribution < -0.4 is 10.1 Å². The molecule has 0 spiro atoms. The molecule has 0 unspecified atom stereocenters. The molecule has 1 aromatic rings. The first-order valence-corrected chi connectivity index (χ1v) is 7.30. The van der Waals surface area contributed by atoms with Gasteiger partial charge in [-0.25, -0.2) is 0 Å². The number of pyridine rings is 1. The van der Waals surface area contributed by atoms with Crippen molar-refractivity contribution >= 4 is 0 Å². The summed E-state index contributed by atoms with van der Waals surface area (Å²) in [5, 5.41) is 11.9. The molecule has 1 heterocycles. The van der Waals surface area contributed by atoms with Crippen LogP contribution in [0.1, 0.15) is 44.5 Å². The molecule has 0 atom stereocenters. The number of nitrogens with one attached hydrogen (secondary N) is 1. The average molecular weight is 275 g/mol. The molecule has 110 valence electrons. The number of aryl methyl sites for hydroxylation is 1. The van der Waals surface area contributed by atoms with E-state index in [1.165, 1.54) is 0 Å². The molecule has 1 N–H and O–H groups in total. The van der Waals surface area contributed by atoms with Gasteiger partial charge in [0.2, 0.25) is 0 Å². The minimum atomic E-state index is 0.596. The monoisotopic (exact) mass is 275 g/mol. The summed E-state index contributed by atoms with van der Waals surface area (Å²) in [6.45, 7) is 8.70. The number of rotatable bonds is 9. The van der Waals surface area contributed by atoms with Crippen LogP contribution in [0.4, 0.5) is 0 Å². The summed E-state index contributed by atoms with van der Waals surface area (Å²) >= 11 is 0. The van der Waals surface area contributed by atoms with Gasteiger partial charge in [-0.1, -0.05) is 13.8 Å². The van der Waals surface area contributed by atoms with Crippen LogP contribution >= 0.6 is 0 Å². The van der Waals surface area contributed by atoms with Crippen molar-refractivity contribution in [2.24, 2.45) is 5.92 Å². The highest BCUT2D eigenvalue weighted by atomic mass is 16.5. The lowest BCUT2D eigenvalue weighted by molar-refractivity contribution is 0.301. The Morgan fingerprint density at radius 2 is 2.15 bits per heavy atom. The van der Waals surface area contributed by atoms with Crippen LogP contribution in [0, 0.1) is 24.2 Å². The molecule has 4 heteroatoms. The molecule has 0 aromatic carbocycles. The van der Waals surface area contributed by atoms with E-state index in [4.69, 9.17) is 10.00 Å². The molecule has 0 aliphatic heterocycles.